The molecule has 19 heavy (non-hydrogen) atoms. The van der Waals surface area contributed by atoms with Crippen molar-refractivity contribution < 1.29 is 4.79 Å². The Morgan fingerprint density at radius 2 is 1.84 bits per heavy atom. The second kappa shape index (κ2) is 4.95. The van der Waals surface area contributed by atoms with Crippen LogP contribution < -0.4 is 10.6 Å². The maximum atomic E-state index is 12.0. The van der Waals surface area contributed by atoms with Crippen molar-refractivity contribution >= 4 is 40.1 Å². The number of benzene rings is 1. The van der Waals surface area contributed by atoms with Gasteiger partial charge in [0, 0.05) is 10.5 Å². The molecule has 94 valence electrons. The number of carbonyl (C=O) groups excluding carboxylic acids is 1. The highest BCUT2D eigenvalue weighted by Crippen LogP contribution is 2.30. The van der Waals surface area contributed by atoms with Gasteiger partial charge in [-0.15, -0.1) is 11.3 Å². The van der Waals surface area contributed by atoms with E-state index in [4.69, 9.17) is 12.2 Å². The smallest absolute Gasteiger partial charge is 0.274 e. The number of amides is 1. The molecule has 2 N–H and O–H groups in total. The predicted octanol–water partition coefficient (Wildman–Crippen LogP) is 2.51. The quantitative estimate of drug-likeness (QED) is 0.658. The Kier molecular flexibility index (Phi) is 3.15. The van der Waals surface area contributed by atoms with Crippen LogP contribution in [0.25, 0.3) is 5.57 Å². The highest BCUT2D eigenvalue weighted by atomic mass is 32.1. The average Bonchev–Trinajstić information content (AvgIpc) is 3.03. The van der Waals surface area contributed by atoms with Crippen LogP contribution in [0.4, 0.5) is 0 Å². The summed E-state index contributed by atoms with van der Waals surface area (Å²) in [6.07, 6.45) is 0. The molecule has 5 heteroatoms. The molecule has 0 atom stereocenters. The number of nitrogens with one attached hydrogen (secondary N) is 2. The number of thiophene rings is 1. The molecule has 1 fully saturated rings. The molecule has 3 nitrogen and oxygen atoms in total. The van der Waals surface area contributed by atoms with Crippen LogP contribution in [0.5, 0.6) is 0 Å². The summed E-state index contributed by atoms with van der Waals surface area (Å²) in [5, 5.41) is 7.90. The molecule has 0 bridgehead atoms. The maximum Gasteiger partial charge on any atom is 0.274 e. The molecule has 0 spiro atoms. The zero-order valence-electron chi connectivity index (χ0n) is 9.84. The lowest BCUT2D eigenvalue weighted by Gasteiger charge is -2.08. The summed E-state index contributed by atoms with van der Waals surface area (Å²) in [6, 6.07) is 13.8. The van der Waals surface area contributed by atoms with E-state index in [0.29, 0.717) is 10.8 Å². The second-order valence-electron chi connectivity index (χ2n) is 4.00. The Labute approximate surface area is 120 Å². The molecular weight excluding hydrogens is 276 g/mol. The summed E-state index contributed by atoms with van der Waals surface area (Å²) in [6.45, 7) is 0. The Bertz CT molecular complexity index is 660. The molecule has 1 aliphatic rings. The molecule has 0 saturated carbocycles. The summed E-state index contributed by atoms with van der Waals surface area (Å²) >= 11 is 6.59. The third-order valence-electron chi connectivity index (χ3n) is 2.77. The first-order valence-corrected chi connectivity index (χ1v) is 7.00. The van der Waals surface area contributed by atoms with E-state index >= 15 is 0 Å². The third-order valence-corrected chi connectivity index (χ3v) is 3.86. The highest BCUT2D eigenvalue weighted by molar-refractivity contribution is 7.80. The van der Waals surface area contributed by atoms with Crippen LogP contribution in [0.2, 0.25) is 0 Å². The molecule has 0 unspecified atom stereocenters. The molecule has 0 aliphatic carbocycles. The van der Waals surface area contributed by atoms with Crippen LogP contribution in [0.3, 0.4) is 0 Å². The van der Waals surface area contributed by atoms with E-state index in [1.807, 2.05) is 47.8 Å². The van der Waals surface area contributed by atoms with Crippen LogP contribution in [-0.4, -0.2) is 11.0 Å². The van der Waals surface area contributed by atoms with E-state index in [9.17, 15) is 4.79 Å². The molecule has 1 aromatic carbocycles. The lowest BCUT2D eigenvalue weighted by atomic mass is 10.0. The van der Waals surface area contributed by atoms with Gasteiger partial charge in [0.2, 0.25) is 0 Å². The lowest BCUT2D eigenvalue weighted by molar-refractivity contribution is -0.115. The topological polar surface area (TPSA) is 41.1 Å². The van der Waals surface area contributed by atoms with E-state index in [1.54, 1.807) is 11.3 Å². The zero-order valence-corrected chi connectivity index (χ0v) is 11.5. The summed E-state index contributed by atoms with van der Waals surface area (Å²) < 4.78 is 0. The van der Waals surface area contributed by atoms with Crippen molar-refractivity contribution in [3.05, 3.63) is 64.0 Å². The average molecular weight is 286 g/mol. The predicted molar refractivity (Wildman–Crippen MR) is 80.7 cm³/mol. The first-order chi connectivity index (χ1) is 9.25. The third kappa shape index (κ3) is 2.30. The van der Waals surface area contributed by atoms with Crippen molar-refractivity contribution in [2.45, 2.75) is 0 Å². The fourth-order valence-electron chi connectivity index (χ4n) is 1.98. The van der Waals surface area contributed by atoms with Crippen LogP contribution in [0.1, 0.15) is 10.4 Å². The van der Waals surface area contributed by atoms with Crippen molar-refractivity contribution in [3.63, 3.8) is 0 Å². The Morgan fingerprint density at radius 1 is 1.05 bits per heavy atom. The number of carbonyl (C=O) groups is 1. The van der Waals surface area contributed by atoms with Gasteiger partial charge in [-0.3, -0.25) is 10.1 Å². The molecule has 1 aromatic heterocycles. The Morgan fingerprint density at radius 3 is 2.42 bits per heavy atom. The maximum absolute atomic E-state index is 12.0. The molecular formula is C14H10N2OS2. The largest absolute Gasteiger partial charge is 0.327 e. The van der Waals surface area contributed by atoms with E-state index in [1.165, 1.54) is 0 Å². The van der Waals surface area contributed by atoms with Gasteiger partial charge in [0.1, 0.15) is 5.70 Å². The summed E-state index contributed by atoms with van der Waals surface area (Å²) in [7, 11) is 0. The molecule has 3 rings (SSSR count). The summed E-state index contributed by atoms with van der Waals surface area (Å²) in [4.78, 5) is 13.0. The van der Waals surface area contributed by atoms with Crippen molar-refractivity contribution in [1.82, 2.24) is 10.6 Å². The van der Waals surface area contributed by atoms with Crippen LogP contribution in [-0.2, 0) is 4.79 Å². The van der Waals surface area contributed by atoms with Gasteiger partial charge in [0.15, 0.2) is 5.11 Å². The van der Waals surface area contributed by atoms with Crippen molar-refractivity contribution in [2.24, 2.45) is 0 Å². The molecule has 1 amide bonds. The van der Waals surface area contributed by atoms with Gasteiger partial charge in [-0.1, -0.05) is 36.4 Å². The van der Waals surface area contributed by atoms with Crippen LogP contribution in [0, 0.1) is 0 Å². The van der Waals surface area contributed by atoms with Gasteiger partial charge in [-0.25, -0.2) is 0 Å². The fourth-order valence-corrected chi connectivity index (χ4v) is 2.97. The first kappa shape index (κ1) is 12.1. The lowest BCUT2D eigenvalue weighted by Crippen LogP contribution is -2.21. The Hall–Kier alpha value is -1.98. The number of rotatable bonds is 2. The minimum absolute atomic E-state index is 0.183. The van der Waals surface area contributed by atoms with Gasteiger partial charge >= 0.3 is 0 Å². The van der Waals surface area contributed by atoms with Gasteiger partial charge in [0.05, 0.1) is 0 Å². The molecule has 1 aliphatic heterocycles. The highest BCUT2D eigenvalue weighted by Gasteiger charge is 2.26. The summed E-state index contributed by atoms with van der Waals surface area (Å²) in [5.74, 6) is -0.183. The molecule has 0 radical (unpaired) electrons. The van der Waals surface area contributed by atoms with E-state index in [2.05, 4.69) is 10.6 Å². The number of thiocarbonyl (C=S) groups is 1. The number of hydrogen-bond acceptors (Lipinski definition) is 3. The molecule has 2 aromatic rings. The Balaban J connectivity index is 2.21. The normalized spacial score (nSPS) is 17.1. The second-order valence-corrected chi connectivity index (χ2v) is 5.36. The standard InChI is InChI=1S/C14H10N2OS2/c17-13-12(15-14(18)16-13)11(10-7-4-8-19-10)9-5-2-1-3-6-9/h1-8H,(H2,15,16,17,18). The van der Waals surface area contributed by atoms with Gasteiger partial charge in [0.25, 0.3) is 5.91 Å². The van der Waals surface area contributed by atoms with Gasteiger partial charge < -0.3 is 5.32 Å². The summed E-state index contributed by atoms with van der Waals surface area (Å²) in [5.41, 5.74) is 2.39. The van der Waals surface area contributed by atoms with Crippen molar-refractivity contribution in [3.8, 4) is 0 Å². The molecule has 2 heterocycles. The van der Waals surface area contributed by atoms with E-state index in [0.717, 1.165) is 16.0 Å². The zero-order chi connectivity index (χ0) is 13.2. The van der Waals surface area contributed by atoms with Crippen LogP contribution >= 0.6 is 23.6 Å². The van der Waals surface area contributed by atoms with Gasteiger partial charge in [-0.2, -0.15) is 0 Å². The van der Waals surface area contributed by atoms with E-state index in [-0.39, 0.29) is 5.91 Å². The SMILES string of the molecule is O=C1NC(=S)NC1=C(c1ccccc1)c1cccs1. The fraction of sp³-hybridized carbons (Fsp3) is 0. The van der Waals surface area contributed by atoms with Gasteiger partial charge in [-0.05, 0) is 29.2 Å². The minimum atomic E-state index is -0.183. The van der Waals surface area contributed by atoms with E-state index < -0.39 is 0 Å². The molecule has 1 saturated heterocycles. The van der Waals surface area contributed by atoms with Crippen LogP contribution in [0.15, 0.2) is 53.5 Å². The van der Waals surface area contributed by atoms with Crippen molar-refractivity contribution in [2.75, 3.05) is 0 Å². The van der Waals surface area contributed by atoms with Crippen molar-refractivity contribution in [1.29, 1.82) is 0 Å². The number of hydrogen-bond donors (Lipinski definition) is 2. The monoisotopic (exact) mass is 286 g/mol. The first-order valence-electron chi connectivity index (χ1n) is 5.71. The minimum Gasteiger partial charge on any atom is -0.327 e.